The summed E-state index contributed by atoms with van der Waals surface area (Å²) in [6, 6.07) is 12.0. The van der Waals surface area contributed by atoms with E-state index in [0.717, 1.165) is 35.8 Å². The maximum atomic E-state index is 5.94. The highest BCUT2D eigenvalue weighted by Crippen LogP contribution is 2.38. The lowest BCUT2D eigenvalue weighted by Crippen LogP contribution is -2.12. The Kier molecular flexibility index (Phi) is 2.71. The molecular weight excluding hydrogens is 224 g/mol. The first kappa shape index (κ1) is 11.1. The molecule has 18 heavy (non-hydrogen) atoms. The van der Waals surface area contributed by atoms with Crippen LogP contribution in [0.1, 0.15) is 16.7 Å². The second-order valence-electron chi connectivity index (χ2n) is 4.63. The zero-order valence-corrected chi connectivity index (χ0v) is 10.7. The van der Waals surface area contributed by atoms with Crippen molar-refractivity contribution in [3.05, 3.63) is 53.1 Å². The summed E-state index contributed by atoms with van der Waals surface area (Å²) in [5.74, 6) is 2.75. The van der Waals surface area contributed by atoms with Crippen molar-refractivity contribution in [2.75, 3.05) is 6.61 Å². The Balaban J connectivity index is 2.02. The van der Waals surface area contributed by atoms with Gasteiger partial charge in [-0.1, -0.05) is 18.2 Å². The molecule has 0 saturated heterocycles. The maximum absolute atomic E-state index is 5.94. The van der Waals surface area contributed by atoms with Crippen molar-refractivity contribution >= 4 is 0 Å². The molecule has 0 fully saturated rings. The van der Waals surface area contributed by atoms with E-state index in [2.05, 4.69) is 19.9 Å². The van der Waals surface area contributed by atoms with Crippen LogP contribution in [0.4, 0.5) is 0 Å². The first-order valence-electron chi connectivity index (χ1n) is 6.24. The van der Waals surface area contributed by atoms with Gasteiger partial charge in [0, 0.05) is 12.0 Å². The van der Waals surface area contributed by atoms with Crippen LogP contribution in [-0.4, -0.2) is 6.61 Å². The molecule has 0 N–H and O–H groups in total. The van der Waals surface area contributed by atoms with Gasteiger partial charge in [0.2, 0.25) is 0 Å². The Morgan fingerprint density at radius 1 is 1.06 bits per heavy atom. The van der Waals surface area contributed by atoms with Gasteiger partial charge in [0.25, 0.3) is 0 Å². The Hall–Kier alpha value is -1.96. The van der Waals surface area contributed by atoms with Gasteiger partial charge < -0.3 is 9.47 Å². The van der Waals surface area contributed by atoms with Gasteiger partial charge in [-0.3, -0.25) is 0 Å². The summed E-state index contributed by atoms with van der Waals surface area (Å²) in [7, 11) is 0. The third kappa shape index (κ3) is 1.84. The van der Waals surface area contributed by atoms with E-state index in [1.54, 1.807) is 0 Å². The summed E-state index contributed by atoms with van der Waals surface area (Å²) >= 11 is 0. The van der Waals surface area contributed by atoms with Gasteiger partial charge in [-0.25, -0.2) is 0 Å². The van der Waals surface area contributed by atoms with Crippen LogP contribution in [0.3, 0.4) is 0 Å². The molecule has 2 aromatic rings. The van der Waals surface area contributed by atoms with Gasteiger partial charge in [0.1, 0.15) is 17.2 Å². The van der Waals surface area contributed by atoms with Crippen molar-refractivity contribution in [3.63, 3.8) is 0 Å². The van der Waals surface area contributed by atoms with Crippen LogP contribution < -0.4 is 9.47 Å². The molecule has 0 unspecified atom stereocenters. The molecule has 1 aliphatic heterocycles. The van der Waals surface area contributed by atoms with Crippen molar-refractivity contribution in [1.29, 1.82) is 0 Å². The number of hydrogen-bond donors (Lipinski definition) is 0. The molecule has 3 rings (SSSR count). The minimum absolute atomic E-state index is 0.772. The van der Waals surface area contributed by atoms with Gasteiger partial charge in [0.05, 0.1) is 6.61 Å². The first-order valence-corrected chi connectivity index (χ1v) is 6.24. The quantitative estimate of drug-likeness (QED) is 0.789. The van der Waals surface area contributed by atoms with E-state index < -0.39 is 0 Å². The largest absolute Gasteiger partial charge is 0.493 e. The van der Waals surface area contributed by atoms with E-state index in [1.165, 1.54) is 11.1 Å². The normalized spacial score (nSPS) is 13.0. The van der Waals surface area contributed by atoms with Crippen molar-refractivity contribution in [3.8, 4) is 17.2 Å². The fraction of sp³-hybridized carbons (Fsp3) is 0.250. The topological polar surface area (TPSA) is 18.5 Å². The highest BCUT2D eigenvalue weighted by molar-refractivity contribution is 5.55. The van der Waals surface area contributed by atoms with Gasteiger partial charge in [-0.15, -0.1) is 0 Å². The molecule has 92 valence electrons. The third-order valence-corrected chi connectivity index (χ3v) is 3.43. The van der Waals surface area contributed by atoms with Crippen LogP contribution in [0.5, 0.6) is 17.2 Å². The Bertz CT molecular complexity index is 573. The number of hydrogen-bond acceptors (Lipinski definition) is 2. The lowest BCUT2D eigenvalue weighted by molar-refractivity contribution is 0.301. The molecule has 2 bridgehead atoms. The summed E-state index contributed by atoms with van der Waals surface area (Å²) in [6.07, 6.45) is 0.963. The van der Waals surface area contributed by atoms with Gasteiger partial charge in [-0.2, -0.15) is 0 Å². The van der Waals surface area contributed by atoms with E-state index in [0.29, 0.717) is 0 Å². The Morgan fingerprint density at radius 2 is 1.83 bits per heavy atom. The highest BCUT2D eigenvalue weighted by Gasteiger charge is 2.19. The second-order valence-corrected chi connectivity index (χ2v) is 4.63. The molecule has 0 saturated carbocycles. The number of para-hydroxylation sites is 1. The van der Waals surface area contributed by atoms with Crippen molar-refractivity contribution in [2.24, 2.45) is 0 Å². The predicted octanol–water partition coefficient (Wildman–Crippen LogP) is 4.03. The second kappa shape index (κ2) is 4.37. The van der Waals surface area contributed by atoms with Crippen molar-refractivity contribution in [1.82, 2.24) is 0 Å². The summed E-state index contributed by atoms with van der Waals surface area (Å²) in [6.45, 7) is 4.94. The zero-order chi connectivity index (χ0) is 12.5. The molecule has 1 heterocycles. The smallest absolute Gasteiger partial charge is 0.134 e. The minimum Gasteiger partial charge on any atom is -0.493 e. The molecule has 2 nitrogen and oxygen atoms in total. The standard InChI is InChI=1S/C16H16O2/c1-11-13-8-9-17-16(11)12(2)15(10-13)18-14-6-4-3-5-7-14/h3-7,10H,8-9H2,1-2H3. The number of benzene rings is 2. The Morgan fingerprint density at radius 3 is 2.61 bits per heavy atom. The number of ether oxygens (including phenoxy) is 2. The average Bonchev–Trinajstić information content (AvgIpc) is 2.38. The number of rotatable bonds is 2. The monoisotopic (exact) mass is 240 g/mol. The summed E-state index contributed by atoms with van der Waals surface area (Å²) in [5, 5.41) is 0. The van der Waals surface area contributed by atoms with Crippen LogP contribution in [0.2, 0.25) is 0 Å². The van der Waals surface area contributed by atoms with Crippen LogP contribution in [0.15, 0.2) is 36.4 Å². The molecule has 0 atom stereocenters. The summed E-state index contributed by atoms with van der Waals surface area (Å²) in [4.78, 5) is 0. The fourth-order valence-corrected chi connectivity index (χ4v) is 2.37. The van der Waals surface area contributed by atoms with Crippen LogP contribution >= 0.6 is 0 Å². The summed E-state index contributed by atoms with van der Waals surface area (Å²) < 4.78 is 11.7. The van der Waals surface area contributed by atoms with Crippen molar-refractivity contribution < 1.29 is 9.47 Å². The van der Waals surface area contributed by atoms with E-state index in [4.69, 9.17) is 9.47 Å². The van der Waals surface area contributed by atoms with Gasteiger partial charge in [-0.05, 0) is 43.2 Å². The fourth-order valence-electron chi connectivity index (χ4n) is 2.37. The predicted molar refractivity (Wildman–Crippen MR) is 71.6 cm³/mol. The molecule has 2 aromatic carbocycles. The molecule has 2 heteroatoms. The van der Waals surface area contributed by atoms with Gasteiger partial charge >= 0.3 is 0 Å². The molecule has 0 radical (unpaired) electrons. The van der Waals surface area contributed by atoms with Crippen molar-refractivity contribution in [2.45, 2.75) is 20.3 Å². The molecule has 0 aliphatic carbocycles. The lowest BCUT2D eigenvalue weighted by atomic mass is 9.98. The average molecular weight is 240 g/mol. The van der Waals surface area contributed by atoms with E-state index >= 15 is 0 Å². The molecule has 1 aliphatic rings. The SMILES string of the molecule is Cc1c2cc(Oc3ccccc3)c(C)c1OCC2. The highest BCUT2D eigenvalue weighted by atomic mass is 16.5. The first-order chi connectivity index (χ1) is 8.75. The number of fused-ring (bicyclic) bond motifs is 2. The van der Waals surface area contributed by atoms with E-state index in [9.17, 15) is 0 Å². The molecular formula is C16H16O2. The van der Waals surface area contributed by atoms with Gasteiger partial charge in [0.15, 0.2) is 0 Å². The minimum atomic E-state index is 0.772. The van der Waals surface area contributed by atoms with E-state index in [-0.39, 0.29) is 0 Å². The Labute approximate surface area is 107 Å². The summed E-state index contributed by atoms with van der Waals surface area (Å²) in [5.41, 5.74) is 3.66. The molecule has 0 spiro atoms. The maximum Gasteiger partial charge on any atom is 0.134 e. The zero-order valence-electron chi connectivity index (χ0n) is 10.7. The van der Waals surface area contributed by atoms with Crippen LogP contribution in [-0.2, 0) is 6.42 Å². The van der Waals surface area contributed by atoms with Crippen LogP contribution in [0, 0.1) is 13.8 Å². The molecule has 0 amide bonds. The lowest BCUT2D eigenvalue weighted by Gasteiger charge is -2.23. The molecule has 0 aromatic heterocycles. The third-order valence-electron chi connectivity index (χ3n) is 3.43. The van der Waals surface area contributed by atoms with Crippen LogP contribution in [0.25, 0.3) is 0 Å². The van der Waals surface area contributed by atoms with E-state index in [1.807, 2.05) is 30.3 Å².